The number of hydrogen-bond acceptors (Lipinski definition) is 5. The number of para-hydroxylation sites is 1. The Bertz CT molecular complexity index is 634. The van der Waals surface area contributed by atoms with Crippen molar-refractivity contribution >= 4 is 23.0 Å². The molecule has 1 aromatic carbocycles. The highest BCUT2D eigenvalue weighted by Crippen LogP contribution is 2.22. The SMILES string of the molecule is COC(=O)C(=N)c1sccc1COc1ccccc1C. The fourth-order valence-electron chi connectivity index (χ4n) is 1.74. The van der Waals surface area contributed by atoms with Gasteiger partial charge in [-0.3, -0.25) is 5.41 Å². The van der Waals surface area contributed by atoms with Crippen LogP contribution < -0.4 is 4.74 Å². The Morgan fingerprint density at radius 1 is 1.30 bits per heavy atom. The summed E-state index contributed by atoms with van der Waals surface area (Å²) in [6, 6.07) is 9.58. The molecule has 0 aliphatic carbocycles. The van der Waals surface area contributed by atoms with Gasteiger partial charge in [-0.15, -0.1) is 11.3 Å². The minimum Gasteiger partial charge on any atom is -0.489 e. The Balaban J connectivity index is 2.12. The van der Waals surface area contributed by atoms with Gasteiger partial charge in [-0.25, -0.2) is 4.79 Å². The van der Waals surface area contributed by atoms with E-state index in [1.54, 1.807) is 0 Å². The Morgan fingerprint density at radius 3 is 2.75 bits per heavy atom. The summed E-state index contributed by atoms with van der Waals surface area (Å²) in [6.45, 7) is 2.30. The maximum absolute atomic E-state index is 11.4. The van der Waals surface area contributed by atoms with Crippen molar-refractivity contribution in [3.63, 3.8) is 0 Å². The first-order valence-electron chi connectivity index (χ1n) is 6.05. The van der Waals surface area contributed by atoms with Crippen LogP contribution in [-0.2, 0) is 16.1 Å². The first-order valence-corrected chi connectivity index (χ1v) is 6.93. The van der Waals surface area contributed by atoms with Crippen LogP contribution in [0.2, 0.25) is 0 Å². The lowest BCUT2D eigenvalue weighted by molar-refractivity contribution is -0.132. The Kier molecular flexibility index (Phi) is 4.53. The zero-order valence-electron chi connectivity index (χ0n) is 11.3. The number of hydrogen-bond donors (Lipinski definition) is 1. The van der Waals surface area contributed by atoms with Crippen LogP contribution in [0.1, 0.15) is 16.0 Å². The zero-order chi connectivity index (χ0) is 14.5. The van der Waals surface area contributed by atoms with E-state index in [-0.39, 0.29) is 5.71 Å². The molecule has 0 atom stereocenters. The highest BCUT2D eigenvalue weighted by Gasteiger charge is 2.17. The van der Waals surface area contributed by atoms with Crippen LogP contribution in [0.3, 0.4) is 0 Å². The number of methoxy groups -OCH3 is 1. The van der Waals surface area contributed by atoms with Crippen LogP contribution in [0.15, 0.2) is 35.7 Å². The lowest BCUT2D eigenvalue weighted by Gasteiger charge is -2.09. The number of carbonyl (C=O) groups excluding carboxylic acids is 1. The van der Waals surface area contributed by atoms with Crippen LogP contribution in [0.25, 0.3) is 0 Å². The number of carbonyl (C=O) groups is 1. The molecule has 1 heterocycles. The fourth-order valence-corrected chi connectivity index (χ4v) is 2.59. The average molecular weight is 289 g/mol. The first-order chi connectivity index (χ1) is 9.63. The molecule has 0 aliphatic heterocycles. The zero-order valence-corrected chi connectivity index (χ0v) is 12.1. The number of nitrogens with one attached hydrogen (secondary N) is 1. The molecule has 2 aromatic rings. The number of ether oxygens (including phenoxy) is 2. The molecule has 0 saturated carbocycles. The van der Waals surface area contributed by atoms with Gasteiger partial charge >= 0.3 is 5.97 Å². The molecule has 0 bridgehead atoms. The number of benzene rings is 1. The smallest absolute Gasteiger partial charge is 0.357 e. The van der Waals surface area contributed by atoms with E-state index in [4.69, 9.17) is 10.1 Å². The molecule has 0 saturated heterocycles. The normalized spacial score (nSPS) is 10.1. The van der Waals surface area contributed by atoms with Crippen molar-refractivity contribution in [2.75, 3.05) is 7.11 Å². The molecule has 0 amide bonds. The third-order valence-electron chi connectivity index (χ3n) is 2.84. The summed E-state index contributed by atoms with van der Waals surface area (Å²) in [7, 11) is 1.27. The lowest BCUT2D eigenvalue weighted by atomic mass is 10.2. The highest BCUT2D eigenvalue weighted by atomic mass is 32.1. The minimum atomic E-state index is -0.635. The minimum absolute atomic E-state index is 0.133. The largest absolute Gasteiger partial charge is 0.489 e. The molecule has 5 heteroatoms. The second-order valence-corrected chi connectivity index (χ2v) is 5.11. The molecule has 0 aliphatic rings. The predicted molar refractivity (Wildman–Crippen MR) is 78.7 cm³/mol. The van der Waals surface area contributed by atoms with Crippen molar-refractivity contribution in [2.45, 2.75) is 13.5 Å². The number of esters is 1. The van der Waals surface area contributed by atoms with Crippen LogP contribution >= 0.6 is 11.3 Å². The van der Waals surface area contributed by atoms with E-state index >= 15 is 0 Å². The van der Waals surface area contributed by atoms with E-state index in [9.17, 15) is 4.79 Å². The number of thiophene rings is 1. The van der Waals surface area contributed by atoms with Gasteiger partial charge in [-0.05, 0) is 30.0 Å². The van der Waals surface area contributed by atoms with E-state index in [0.717, 1.165) is 16.9 Å². The fraction of sp³-hybridized carbons (Fsp3) is 0.200. The summed E-state index contributed by atoms with van der Waals surface area (Å²) in [4.78, 5) is 12.0. The quantitative estimate of drug-likeness (QED) is 0.679. The molecule has 1 aromatic heterocycles. The van der Waals surface area contributed by atoms with Crippen LogP contribution in [0.4, 0.5) is 0 Å². The van der Waals surface area contributed by atoms with Gasteiger partial charge in [0, 0.05) is 5.56 Å². The molecule has 0 unspecified atom stereocenters. The summed E-state index contributed by atoms with van der Waals surface area (Å²) < 4.78 is 10.3. The second kappa shape index (κ2) is 6.34. The molecule has 104 valence electrons. The van der Waals surface area contributed by atoms with Crippen LogP contribution in [0, 0.1) is 12.3 Å². The topological polar surface area (TPSA) is 59.4 Å². The van der Waals surface area contributed by atoms with E-state index in [2.05, 4.69) is 4.74 Å². The Labute approximate surface area is 121 Å². The summed E-state index contributed by atoms with van der Waals surface area (Å²) in [5.41, 5.74) is 1.73. The molecule has 20 heavy (non-hydrogen) atoms. The van der Waals surface area contributed by atoms with Gasteiger partial charge < -0.3 is 9.47 Å². The Hall–Kier alpha value is -2.14. The second-order valence-electron chi connectivity index (χ2n) is 4.20. The summed E-state index contributed by atoms with van der Waals surface area (Å²) in [6.07, 6.45) is 0. The van der Waals surface area contributed by atoms with Gasteiger partial charge in [0.15, 0.2) is 5.71 Å². The van der Waals surface area contributed by atoms with Gasteiger partial charge in [0.25, 0.3) is 0 Å². The number of rotatable bonds is 5. The molecule has 0 radical (unpaired) electrons. The van der Waals surface area contributed by atoms with Gasteiger partial charge in [-0.1, -0.05) is 18.2 Å². The van der Waals surface area contributed by atoms with E-state index in [1.165, 1.54) is 18.4 Å². The van der Waals surface area contributed by atoms with Crippen molar-refractivity contribution in [2.24, 2.45) is 0 Å². The van der Waals surface area contributed by atoms with Gasteiger partial charge in [0.1, 0.15) is 12.4 Å². The maximum Gasteiger partial charge on any atom is 0.357 e. The third-order valence-corrected chi connectivity index (χ3v) is 3.81. The first kappa shape index (κ1) is 14.3. The van der Waals surface area contributed by atoms with Gasteiger partial charge in [-0.2, -0.15) is 0 Å². The van der Waals surface area contributed by atoms with Gasteiger partial charge in [0.05, 0.1) is 12.0 Å². The molecule has 2 rings (SSSR count). The van der Waals surface area contributed by atoms with Crippen molar-refractivity contribution < 1.29 is 14.3 Å². The van der Waals surface area contributed by atoms with E-state index < -0.39 is 5.97 Å². The molecular weight excluding hydrogens is 274 g/mol. The molecule has 0 fully saturated rings. The predicted octanol–water partition coefficient (Wildman–Crippen LogP) is 3.18. The summed E-state index contributed by atoms with van der Waals surface area (Å²) in [5, 5.41) is 9.64. The van der Waals surface area contributed by atoms with Crippen molar-refractivity contribution in [1.29, 1.82) is 5.41 Å². The lowest BCUT2D eigenvalue weighted by Crippen LogP contribution is -2.16. The van der Waals surface area contributed by atoms with Crippen molar-refractivity contribution in [1.82, 2.24) is 0 Å². The monoisotopic (exact) mass is 289 g/mol. The van der Waals surface area contributed by atoms with Crippen LogP contribution in [0.5, 0.6) is 5.75 Å². The summed E-state index contributed by atoms with van der Waals surface area (Å²) in [5.74, 6) is 0.166. The van der Waals surface area contributed by atoms with Crippen molar-refractivity contribution in [3.05, 3.63) is 51.7 Å². The highest BCUT2D eigenvalue weighted by molar-refractivity contribution is 7.13. The molecular formula is C15H15NO3S. The van der Waals surface area contributed by atoms with Crippen LogP contribution in [-0.4, -0.2) is 18.8 Å². The van der Waals surface area contributed by atoms with Gasteiger partial charge in [0.2, 0.25) is 0 Å². The molecule has 1 N–H and O–H groups in total. The molecule has 0 spiro atoms. The van der Waals surface area contributed by atoms with E-state index in [1.807, 2.05) is 42.6 Å². The average Bonchev–Trinajstić information content (AvgIpc) is 2.93. The Morgan fingerprint density at radius 2 is 2.05 bits per heavy atom. The number of aryl methyl sites for hydroxylation is 1. The maximum atomic E-state index is 11.4. The third kappa shape index (κ3) is 3.05. The standard InChI is InChI=1S/C15H15NO3S/c1-10-5-3-4-6-12(10)19-9-11-7-8-20-14(11)13(16)15(17)18-2/h3-8,16H,9H2,1-2H3. The molecule has 4 nitrogen and oxygen atoms in total. The van der Waals surface area contributed by atoms with Crippen molar-refractivity contribution in [3.8, 4) is 5.75 Å². The summed E-state index contributed by atoms with van der Waals surface area (Å²) >= 11 is 1.34. The van der Waals surface area contributed by atoms with E-state index in [0.29, 0.717) is 11.5 Å².